The van der Waals surface area contributed by atoms with Crippen molar-refractivity contribution < 1.29 is 4.79 Å². The topological polar surface area (TPSA) is 54.0 Å². The van der Waals surface area contributed by atoms with E-state index in [0.29, 0.717) is 5.56 Å². The molecule has 0 bridgehead atoms. The van der Waals surface area contributed by atoms with Crippen LogP contribution in [0.1, 0.15) is 21.5 Å². The third kappa shape index (κ3) is 2.52. The van der Waals surface area contributed by atoms with Crippen molar-refractivity contribution in [3.05, 3.63) is 57.8 Å². The molecule has 2 N–H and O–H groups in total. The second kappa shape index (κ2) is 5.11. The molecule has 0 unspecified atom stereocenters. The number of nitrogens with one attached hydrogen (secondary N) is 2. The second-order valence-corrected chi connectivity index (χ2v) is 5.25. The van der Waals surface area contributed by atoms with E-state index in [2.05, 4.69) is 31.5 Å². The Hall–Kier alpha value is -1.72. The van der Waals surface area contributed by atoms with Crippen LogP contribution in [-0.4, -0.2) is 10.9 Å². The van der Waals surface area contributed by atoms with E-state index in [-0.39, 0.29) is 5.91 Å². The van der Waals surface area contributed by atoms with Gasteiger partial charge in [0.15, 0.2) is 0 Å². The number of fused-ring (bicyclic) bond motifs is 1. The fourth-order valence-corrected chi connectivity index (χ4v) is 2.46. The first-order valence-electron chi connectivity index (χ1n) is 5.97. The molecule has 1 aliphatic heterocycles. The van der Waals surface area contributed by atoms with Gasteiger partial charge in [-0.2, -0.15) is 0 Å². The number of rotatable bonds is 2. The Balaban J connectivity index is 1.83. The Morgan fingerprint density at radius 2 is 2.11 bits per heavy atom. The lowest BCUT2D eigenvalue weighted by atomic mass is 10.1. The molecule has 5 heteroatoms. The highest BCUT2D eigenvalue weighted by Crippen LogP contribution is 2.22. The summed E-state index contributed by atoms with van der Waals surface area (Å²) in [6, 6.07) is 7.57. The van der Waals surface area contributed by atoms with Crippen LogP contribution >= 0.6 is 15.9 Å². The molecule has 19 heavy (non-hydrogen) atoms. The molecule has 0 saturated heterocycles. The summed E-state index contributed by atoms with van der Waals surface area (Å²) in [5.74, 6) is -0.110. The largest absolute Gasteiger partial charge is 0.321 e. The molecule has 1 aliphatic rings. The van der Waals surface area contributed by atoms with Gasteiger partial charge in [0.05, 0.1) is 10.2 Å². The van der Waals surface area contributed by atoms with Gasteiger partial charge in [-0.25, -0.2) is 0 Å². The van der Waals surface area contributed by atoms with E-state index in [1.807, 2.05) is 18.2 Å². The van der Waals surface area contributed by atoms with Crippen LogP contribution in [0.2, 0.25) is 0 Å². The molecule has 0 spiro atoms. The first-order chi connectivity index (χ1) is 9.24. The number of anilines is 1. The van der Waals surface area contributed by atoms with Crippen LogP contribution in [0.25, 0.3) is 0 Å². The molecular weight excluding hydrogens is 306 g/mol. The average molecular weight is 318 g/mol. The quantitative estimate of drug-likeness (QED) is 0.895. The fraction of sp³-hybridized carbons (Fsp3) is 0.143. The smallest absolute Gasteiger partial charge is 0.255 e. The van der Waals surface area contributed by atoms with Crippen molar-refractivity contribution in [2.45, 2.75) is 13.1 Å². The third-order valence-electron chi connectivity index (χ3n) is 3.12. The highest BCUT2D eigenvalue weighted by atomic mass is 79.9. The van der Waals surface area contributed by atoms with Crippen LogP contribution in [0.4, 0.5) is 5.69 Å². The predicted molar refractivity (Wildman–Crippen MR) is 76.9 cm³/mol. The van der Waals surface area contributed by atoms with Crippen LogP contribution in [0.15, 0.2) is 41.1 Å². The Kier molecular flexibility index (Phi) is 3.31. The maximum atomic E-state index is 12.2. The molecule has 0 atom stereocenters. The van der Waals surface area contributed by atoms with E-state index in [4.69, 9.17) is 0 Å². The molecule has 4 nitrogen and oxygen atoms in total. The molecule has 1 amide bonds. The number of carbonyl (C=O) groups is 1. The van der Waals surface area contributed by atoms with E-state index in [1.165, 1.54) is 11.1 Å². The minimum Gasteiger partial charge on any atom is -0.321 e. The minimum absolute atomic E-state index is 0.110. The summed E-state index contributed by atoms with van der Waals surface area (Å²) >= 11 is 3.36. The number of amides is 1. The van der Waals surface area contributed by atoms with Crippen molar-refractivity contribution in [2.24, 2.45) is 0 Å². The number of benzene rings is 1. The number of halogens is 1. The van der Waals surface area contributed by atoms with Gasteiger partial charge in [-0.15, -0.1) is 0 Å². The standard InChI is InChI=1S/C14H12BrN3O/c15-12-8-16-4-3-13(12)18-14(19)9-1-2-10-6-17-7-11(10)5-9/h1-5,8,17H,6-7H2,(H,16,18,19). The Labute approximate surface area is 119 Å². The summed E-state index contributed by atoms with van der Waals surface area (Å²) in [6.45, 7) is 1.71. The summed E-state index contributed by atoms with van der Waals surface area (Å²) < 4.78 is 0.770. The summed E-state index contributed by atoms with van der Waals surface area (Å²) in [5, 5.41) is 6.14. The second-order valence-electron chi connectivity index (χ2n) is 4.40. The number of pyridine rings is 1. The third-order valence-corrected chi connectivity index (χ3v) is 3.75. The van der Waals surface area contributed by atoms with E-state index in [1.54, 1.807) is 18.5 Å². The van der Waals surface area contributed by atoms with Gasteiger partial charge < -0.3 is 10.6 Å². The monoisotopic (exact) mass is 317 g/mol. The van der Waals surface area contributed by atoms with Crippen molar-refractivity contribution in [3.8, 4) is 0 Å². The number of hydrogen-bond donors (Lipinski definition) is 2. The maximum Gasteiger partial charge on any atom is 0.255 e. The van der Waals surface area contributed by atoms with E-state index < -0.39 is 0 Å². The van der Waals surface area contributed by atoms with E-state index in [9.17, 15) is 4.79 Å². The zero-order valence-electron chi connectivity index (χ0n) is 10.1. The van der Waals surface area contributed by atoms with Gasteiger partial charge in [-0.3, -0.25) is 9.78 Å². The summed E-state index contributed by atoms with van der Waals surface area (Å²) in [6.07, 6.45) is 3.30. The lowest BCUT2D eigenvalue weighted by Crippen LogP contribution is -2.12. The van der Waals surface area contributed by atoms with Crippen molar-refractivity contribution in [3.63, 3.8) is 0 Å². The van der Waals surface area contributed by atoms with Crippen molar-refractivity contribution in [1.82, 2.24) is 10.3 Å². The molecule has 0 radical (unpaired) electrons. The normalized spacial score (nSPS) is 13.1. The predicted octanol–water partition coefficient (Wildman–Crippen LogP) is 2.70. The van der Waals surface area contributed by atoms with Crippen LogP contribution in [0, 0.1) is 0 Å². The SMILES string of the molecule is O=C(Nc1ccncc1Br)c1ccc2c(c1)CNC2. The lowest BCUT2D eigenvalue weighted by Gasteiger charge is -2.08. The van der Waals surface area contributed by atoms with Gasteiger partial charge in [0.25, 0.3) is 5.91 Å². The van der Waals surface area contributed by atoms with Gasteiger partial charge >= 0.3 is 0 Å². The average Bonchev–Trinajstić information content (AvgIpc) is 2.88. The highest BCUT2D eigenvalue weighted by molar-refractivity contribution is 9.10. The van der Waals surface area contributed by atoms with Crippen LogP contribution in [0.5, 0.6) is 0 Å². The molecule has 1 aromatic carbocycles. The first kappa shape index (κ1) is 12.3. The van der Waals surface area contributed by atoms with Gasteiger partial charge in [-0.1, -0.05) is 6.07 Å². The molecule has 0 aliphatic carbocycles. The maximum absolute atomic E-state index is 12.2. The summed E-state index contributed by atoms with van der Waals surface area (Å²) in [4.78, 5) is 16.2. The fourth-order valence-electron chi connectivity index (χ4n) is 2.11. The highest BCUT2D eigenvalue weighted by Gasteiger charge is 2.14. The first-order valence-corrected chi connectivity index (χ1v) is 6.77. The van der Waals surface area contributed by atoms with Crippen LogP contribution < -0.4 is 10.6 Å². The van der Waals surface area contributed by atoms with Gasteiger partial charge in [0, 0.05) is 31.0 Å². The Bertz CT molecular complexity index is 642. The minimum atomic E-state index is -0.110. The number of carbonyl (C=O) groups excluding carboxylic acids is 1. The molecule has 1 aromatic heterocycles. The molecule has 96 valence electrons. The molecule has 2 heterocycles. The van der Waals surface area contributed by atoms with Crippen LogP contribution in [0.3, 0.4) is 0 Å². The Morgan fingerprint density at radius 3 is 2.95 bits per heavy atom. The molecular formula is C14H12BrN3O. The zero-order chi connectivity index (χ0) is 13.2. The van der Waals surface area contributed by atoms with Crippen molar-refractivity contribution in [2.75, 3.05) is 5.32 Å². The molecule has 3 rings (SSSR count). The molecule has 0 saturated carbocycles. The van der Waals surface area contributed by atoms with Gasteiger partial charge in [-0.05, 0) is 45.3 Å². The van der Waals surface area contributed by atoms with Crippen molar-refractivity contribution >= 4 is 27.5 Å². The van der Waals surface area contributed by atoms with Crippen LogP contribution in [-0.2, 0) is 13.1 Å². The van der Waals surface area contributed by atoms with Gasteiger partial charge in [0.2, 0.25) is 0 Å². The van der Waals surface area contributed by atoms with Crippen molar-refractivity contribution in [1.29, 1.82) is 0 Å². The number of nitrogens with zero attached hydrogens (tertiary/aromatic N) is 1. The molecule has 2 aromatic rings. The summed E-state index contributed by atoms with van der Waals surface area (Å²) in [7, 11) is 0. The lowest BCUT2D eigenvalue weighted by molar-refractivity contribution is 0.102. The number of hydrogen-bond acceptors (Lipinski definition) is 3. The Morgan fingerprint density at radius 1 is 1.26 bits per heavy atom. The molecule has 0 fully saturated rings. The number of aromatic nitrogens is 1. The summed E-state index contributed by atoms with van der Waals surface area (Å²) in [5.41, 5.74) is 3.85. The van der Waals surface area contributed by atoms with E-state index in [0.717, 1.165) is 23.2 Å². The van der Waals surface area contributed by atoms with E-state index >= 15 is 0 Å². The zero-order valence-corrected chi connectivity index (χ0v) is 11.7. The van der Waals surface area contributed by atoms with Gasteiger partial charge in [0.1, 0.15) is 0 Å².